The van der Waals surface area contributed by atoms with Gasteiger partial charge in [-0.25, -0.2) is 0 Å². The Hall–Kier alpha value is -5.08. The normalized spacial score (nSPS) is 10.6. The number of unbranched alkanes of at least 4 members (excludes halogenated alkanes) is 2. The Balaban J connectivity index is 0.00000281. The third-order valence-electron chi connectivity index (χ3n) is 9.20. The first-order valence-corrected chi connectivity index (χ1v) is 17.6. The van der Waals surface area contributed by atoms with Crippen LogP contribution in [0, 0.1) is 13.8 Å². The molecule has 0 bridgehead atoms. The summed E-state index contributed by atoms with van der Waals surface area (Å²) in [5.74, 6) is 0. The molecule has 6 rings (SSSR count). The summed E-state index contributed by atoms with van der Waals surface area (Å²) in [4.78, 5) is 4.70. The van der Waals surface area contributed by atoms with Crippen molar-refractivity contribution in [2.24, 2.45) is 0 Å². The first-order valence-electron chi connectivity index (χ1n) is 17.6. The van der Waals surface area contributed by atoms with Gasteiger partial charge in [0.15, 0.2) is 0 Å². The summed E-state index contributed by atoms with van der Waals surface area (Å²) in [7, 11) is 0. The molecule has 0 atom stereocenters. The van der Waals surface area contributed by atoms with Crippen LogP contribution in [0.2, 0.25) is 0 Å². The van der Waals surface area contributed by atoms with E-state index >= 15 is 0 Å². The standard InChI is InChI=1S/C46H48N2.2CH4/c1-5-7-9-37-15-27-43(28-16-37)47(41-23-11-35(3)12-24-41)45-31-19-39(20-32-45)40-21-33-46(34-22-40)48(42-25-13-36(4)14-26-42)44-29-17-38(18-30-44)10-8-6-2;;/h11-34H,5-10H2,1-4H3;2*1H4. The lowest BCUT2D eigenvalue weighted by Crippen LogP contribution is -2.10. The van der Waals surface area contributed by atoms with Crippen molar-refractivity contribution >= 4 is 34.1 Å². The van der Waals surface area contributed by atoms with E-state index in [1.807, 2.05) is 0 Å². The largest absolute Gasteiger partial charge is 0.311 e. The molecule has 0 unspecified atom stereocenters. The molecule has 0 saturated carbocycles. The van der Waals surface area contributed by atoms with Gasteiger partial charge < -0.3 is 9.80 Å². The van der Waals surface area contributed by atoms with E-state index in [1.165, 1.54) is 70.4 Å². The van der Waals surface area contributed by atoms with Gasteiger partial charge in [0.2, 0.25) is 0 Å². The molecule has 2 nitrogen and oxygen atoms in total. The number of aryl methyl sites for hydroxylation is 4. The van der Waals surface area contributed by atoms with Crippen molar-refractivity contribution in [2.75, 3.05) is 9.80 Å². The SMILES string of the molecule is C.C.CCCCc1ccc(N(c2ccc(C)cc2)c2ccc(-c3ccc(N(c4ccc(C)cc4)c4ccc(CCCC)cc4)cc3)cc2)cc1. The highest BCUT2D eigenvalue weighted by molar-refractivity contribution is 5.81. The molecule has 0 saturated heterocycles. The maximum absolute atomic E-state index is 2.35. The van der Waals surface area contributed by atoms with Crippen molar-refractivity contribution in [3.8, 4) is 11.1 Å². The molecule has 6 aromatic carbocycles. The number of nitrogens with zero attached hydrogens (tertiary/aromatic N) is 2. The van der Waals surface area contributed by atoms with Crippen LogP contribution in [0.1, 0.15) is 76.6 Å². The van der Waals surface area contributed by atoms with Gasteiger partial charge in [-0.15, -0.1) is 0 Å². The van der Waals surface area contributed by atoms with Crippen molar-refractivity contribution in [1.82, 2.24) is 0 Å². The van der Waals surface area contributed by atoms with E-state index in [4.69, 9.17) is 0 Å². The third kappa shape index (κ3) is 9.12. The van der Waals surface area contributed by atoms with Crippen molar-refractivity contribution in [1.29, 1.82) is 0 Å². The van der Waals surface area contributed by atoms with Crippen LogP contribution in [-0.4, -0.2) is 0 Å². The minimum atomic E-state index is 0. The van der Waals surface area contributed by atoms with Gasteiger partial charge in [-0.2, -0.15) is 0 Å². The molecule has 0 aliphatic heterocycles. The summed E-state index contributed by atoms with van der Waals surface area (Å²) in [6.07, 6.45) is 7.12. The molecule has 6 aromatic rings. The summed E-state index contributed by atoms with van der Waals surface area (Å²) in [6, 6.07) is 53.7. The van der Waals surface area contributed by atoms with Crippen molar-refractivity contribution in [3.63, 3.8) is 0 Å². The van der Waals surface area contributed by atoms with Gasteiger partial charge in [-0.3, -0.25) is 0 Å². The summed E-state index contributed by atoms with van der Waals surface area (Å²) in [5.41, 5.74) is 14.7. The number of rotatable bonds is 13. The Bertz CT molecular complexity index is 1710. The number of benzene rings is 6. The van der Waals surface area contributed by atoms with Gasteiger partial charge in [0.25, 0.3) is 0 Å². The van der Waals surface area contributed by atoms with Crippen LogP contribution in [0.15, 0.2) is 146 Å². The Labute approximate surface area is 303 Å². The monoisotopic (exact) mass is 660 g/mol. The Morgan fingerprint density at radius 3 is 0.840 bits per heavy atom. The van der Waals surface area contributed by atoms with E-state index < -0.39 is 0 Å². The quantitative estimate of drug-likeness (QED) is 0.122. The smallest absolute Gasteiger partial charge is 0.0462 e. The van der Waals surface area contributed by atoms with Gasteiger partial charge in [0.05, 0.1) is 0 Å². The molecular weight excluding hydrogens is 605 g/mol. The molecule has 0 aliphatic carbocycles. The molecule has 0 amide bonds. The summed E-state index contributed by atoms with van der Waals surface area (Å²) in [6.45, 7) is 8.78. The lowest BCUT2D eigenvalue weighted by molar-refractivity contribution is 0.795. The Morgan fingerprint density at radius 1 is 0.340 bits per heavy atom. The van der Waals surface area contributed by atoms with Gasteiger partial charge in [0, 0.05) is 34.1 Å². The predicted molar refractivity (Wildman–Crippen MR) is 221 cm³/mol. The van der Waals surface area contributed by atoms with Crippen LogP contribution in [-0.2, 0) is 12.8 Å². The molecule has 0 spiro atoms. The average Bonchev–Trinajstić information content (AvgIpc) is 3.13. The maximum Gasteiger partial charge on any atom is 0.0462 e. The zero-order chi connectivity index (χ0) is 33.3. The minimum Gasteiger partial charge on any atom is -0.311 e. The van der Waals surface area contributed by atoms with E-state index in [2.05, 4.69) is 183 Å². The van der Waals surface area contributed by atoms with Crippen LogP contribution in [0.3, 0.4) is 0 Å². The van der Waals surface area contributed by atoms with Gasteiger partial charge in [-0.1, -0.05) is 125 Å². The molecule has 0 radical (unpaired) electrons. The fraction of sp³-hybridized carbons (Fsp3) is 0.250. The topological polar surface area (TPSA) is 6.48 Å². The highest BCUT2D eigenvalue weighted by atomic mass is 15.1. The minimum absolute atomic E-state index is 0. The molecular formula is C48H56N2. The highest BCUT2D eigenvalue weighted by Gasteiger charge is 2.15. The van der Waals surface area contributed by atoms with Gasteiger partial charge in [0.1, 0.15) is 0 Å². The first kappa shape index (κ1) is 37.7. The Morgan fingerprint density at radius 2 is 0.580 bits per heavy atom. The molecule has 50 heavy (non-hydrogen) atoms. The van der Waals surface area contributed by atoms with E-state index in [0.717, 1.165) is 35.6 Å². The summed E-state index contributed by atoms with van der Waals surface area (Å²) >= 11 is 0. The van der Waals surface area contributed by atoms with Gasteiger partial charge in [-0.05, 0) is 135 Å². The van der Waals surface area contributed by atoms with Gasteiger partial charge >= 0.3 is 0 Å². The summed E-state index contributed by atoms with van der Waals surface area (Å²) in [5, 5.41) is 0. The van der Waals surface area contributed by atoms with Crippen molar-refractivity contribution < 1.29 is 0 Å². The lowest BCUT2D eigenvalue weighted by Gasteiger charge is -2.26. The zero-order valence-corrected chi connectivity index (χ0v) is 29.0. The molecule has 2 heteroatoms. The molecule has 258 valence electrons. The van der Waals surface area contributed by atoms with E-state index in [1.54, 1.807) is 0 Å². The van der Waals surface area contributed by atoms with Crippen LogP contribution in [0.4, 0.5) is 34.1 Å². The van der Waals surface area contributed by atoms with Crippen molar-refractivity contribution in [3.05, 3.63) is 168 Å². The maximum atomic E-state index is 2.35. The Kier molecular flexibility index (Phi) is 13.6. The van der Waals surface area contributed by atoms with Crippen molar-refractivity contribution in [2.45, 2.75) is 81.1 Å². The van der Waals surface area contributed by atoms with E-state index in [-0.39, 0.29) is 14.9 Å². The molecule has 0 aromatic heterocycles. The van der Waals surface area contributed by atoms with E-state index in [9.17, 15) is 0 Å². The third-order valence-corrected chi connectivity index (χ3v) is 9.20. The number of hydrogen-bond acceptors (Lipinski definition) is 2. The zero-order valence-electron chi connectivity index (χ0n) is 29.0. The fourth-order valence-corrected chi connectivity index (χ4v) is 6.27. The summed E-state index contributed by atoms with van der Waals surface area (Å²) < 4.78 is 0. The van der Waals surface area contributed by atoms with Crippen LogP contribution >= 0.6 is 0 Å². The lowest BCUT2D eigenvalue weighted by atomic mass is 10.0. The predicted octanol–water partition coefficient (Wildman–Crippen LogP) is 14.9. The fourth-order valence-electron chi connectivity index (χ4n) is 6.27. The highest BCUT2D eigenvalue weighted by Crippen LogP contribution is 2.38. The number of anilines is 6. The molecule has 0 aliphatic rings. The van der Waals surface area contributed by atoms with Crippen LogP contribution in [0.25, 0.3) is 11.1 Å². The van der Waals surface area contributed by atoms with Crippen LogP contribution in [0.5, 0.6) is 0 Å². The first-order chi connectivity index (χ1) is 23.5. The van der Waals surface area contributed by atoms with E-state index in [0.29, 0.717) is 0 Å². The van der Waals surface area contributed by atoms with Crippen LogP contribution < -0.4 is 9.80 Å². The second-order valence-electron chi connectivity index (χ2n) is 13.0. The molecule has 0 fully saturated rings. The molecule has 0 N–H and O–H groups in total. The average molecular weight is 661 g/mol. The second kappa shape index (κ2) is 18.1. The molecule has 0 heterocycles. The second-order valence-corrected chi connectivity index (χ2v) is 13.0. The number of hydrogen-bond donors (Lipinski definition) is 0.